The molecule has 1 unspecified atom stereocenters. The number of nitrogens with one attached hydrogen (secondary N) is 1. The van der Waals surface area contributed by atoms with Gasteiger partial charge in [-0.15, -0.1) is 11.8 Å². The third-order valence-electron chi connectivity index (χ3n) is 4.23. The van der Waals surface area contributed by atoms with Crippen LogP contribution in [-0.2, 0) is 21.9 Å². The van der Waals surface area contributed by atoms with E-state index in [1.54, 1.807) is 19.1 Å². The van der Waals surface area contributed by atoms with Gasteiger partial charge in [-0.1, -0.05) is 41.9 Å². The lowest BCUT2D eigenvalue weighted by Gasteiger charge is -2.28. The Balaban J connectivity index is 2.05. The van der Waals surface area contributed by atoms with Crippen LogP contribution in [0.15, 0.2) is 48.5 Å². The molecule has 0 aliphatic rings. The van der Waals surface area contributed by atoms with Crippen LogP contribution in [0, 0.1) is 5.82 Å². The third-order valence-corrected chi connectivity index (χ3v) is 5.56. The van der Waals surface area contributed by atoms with E-state index in [4.69, 9.17) is 11.6 Å². The molecule has 0 saturated heterocycles. The molecule has 0 aliphatic carbocycles. The van der Waals surface area contributed by atoms with Crippen LogP contribution in [0.1, 0.15) is 25.0 Å². The predicted molar refractivity (Wildman–Crippen MR) is 113 cm³/mol. The highest BCUT2D eigenvalue weighted by atomic mass is 35.5. The van der Waals surface area contributed by atoms with Crippen LogP contribution in [0.25, 0.3) is 0 Å². The van der Waals surface area contributed by atoms with Crippen molar-refractivity contribution in [2.75, 3.05) is 12.3 Å². The second-order valence-electron chi connectivity index (χ2n) is 6.30. The van der Waals surface area contributed by atoms with Gasteiger partial charge in [0.2, 0.25) is 11.8 Å². The lowest BCUT2D eigenvalue weighted by molar-refractivity contribution is -0.138. The number of thioether (sulfide) groups is 1. The fraction of sp³-hybridized carbons (Fsp3) is 0.333. The summed E-state index contributed by atoms with van der Waals surface area (Å²) in [7, 11) is 0. The highest BCUT2D eigenvalue weighted by molar-refractivity contribution is 7.99. The summed E-state index contributed by atoms with van der Waals surface area (Å²) in [5, 5.41) is 3.42. The van der Waals surface area contributed by atoms with E-state index in [1.807, 2.05) is 31.2 Å². The molecule has 0 aliphatic heterocycles. The average Bonchev–Trinajstić information content (AvgIpc) is 2.68. The van der Waals surface area contributed by atoms with Gasteiger partial charge < -0.3 is 10.2 Å². The van der Waals surface area contributed by atoms with Crippen molar-refractivity contribution in [1.29, 1.82) is 0 Å². The standard InChI is InChI=1S/C21H24ClFN2O2S/c1-3-24-21(27)15(2)25(12-16-8-10-18(23)11-9-16)20(26)14-28-13-17-6-4-5-7-19(17)22/h4-11,15H,3,12-14H2,1-2H3,(H,24,27). The lowest BCUT2D eigenvalue weighted by Crippen LogP contribution is -2.48. The van der Waals surface area contributed by atoms with Gasteiger partial charge in [0.25, 0.3) is 0 Å². The summed E-state index contributed by atoms with van der Waals surface area (Å²) in [6.07, 6.45) is 0. The number of nitrogens with zero attached hydrogens (tertiary/aromatic N) is 1. The molecule has 2 aromatic rings. The smallest absolute Gasteiger partial charge is 0.242 e. The Morgan fingerprint density at radius 1 is 1.18 bits per heavy atom. The van der Waals surface area contributed by atoms with Crippen LogP contribution in [0.4, 0.5) is 4.39 Å². The zero-order valence-corrected chi connectivity index (χ0v) is 17.5. The van der Waals surface area contributed by atoms with Crippen molar-refractivity contribution < 1.29 is 14.0 Å². The minimum Gasteiger partial charge on any atom is -0.355 e. The maximum atomic E-state index is 13.2. The highest BCUT2D eigenvalue weighted by Gasteiger charge is 2.25. The maximum Gasteiger partial charge on any atom is 0.242 e. The van der Waals surface area contributed by atoms with Crippen LogP contribution in [0.5, 0.6) is 0 Å². The molecule has 2 amide bonds. The van der Waals surface area contributed by atoms with E-state index in [1.165, 1.54) is 28.8 Å². The highest BCUT2D eigenvalue weighted by Crippen LogP contribution is 2.21. The SMILES string of the molecule is CCNC(=O)C(C)N(Cc1ccc(F)cc1)C(=O)CSCc1ccccc1Cl. The van der Waals surface area contributed by atoms with Gasteiger partial charge in [0.15, 0.2) is 0 Å². The number of hydrogen-bond acceptors (Lipinski definition) is 3. The molecule has 0 spiro atoms. The average molecular weight is 423 g/mol. The molecule has 7 heteroatoms. The molecule has 2 aromatic carbocycles. The minimum atomic E-state index is -0.626. The molecule has 150 valence electrons. The molecule has 1 atom stereocenters. The fourth-order valence-electron chi connectivity index (χ4n) is 2.64. The van der Waals surface area contributed by atoms with Gasteiger partial charge in [0.05, 0.1) is 5.75 Å². The van der Waals surface area contributed by atoms with Crippen molar-refractivity contribution in [1.82, 2.24) is 10.2 Å². The topological polar surface area (TPSA) is 49.4 Å². The van der Waals surface area contributed by atoms with E-state index in [0.29, 0.717) is 17.3 Å². The van der Waals surface area contributed by atoms with Crippen molar-refractivity contribution >= 4 is 35.2 Å². The quantitative estimate of drug-likeness (QED) is 0.656. The molecule has 0 saturated carbocycles. The van der Waals surface area contributed by atoms with Crippen LogP contribution in [0.2, 0.25) is 5.02 Å². The largest absolute Gasteiger partial charge is 0.355 e. The van der Waals surface area contributed by atoms with Crippen LogP contribution in [-0.4, -0.2) is 35.1 Å². The number of hydrogen-bond donors (Lipinski definition) is 1. The first-order valence-electron chi connectivity index (χ1n) is 9.05. The molecule has 0 bridgehead atoms. The summed E-state index contributed by atoms with van der Waals surface area (Å²) in [6, 6.07) is 12.8. The van der Waals surface area contributed by atoms with Crippen molar-refractivity contribution in [3.63, 3.8) is 0 Å². The Morgan fingerprint density at radius 3 is 2.50 bits per heavy atom. The molecule has 0 heterocycles. The summed E-state index contributed by atoms with van der Waals surface area (Å²) in [6.45, 7) is 4.26. The van der Waals surface area contributed by atoms with Gasteiger partial charge in [-0.25, -0.2) is 4.39 Å². The summed E-state index contributed by atoms with van der Waals surface area (Å²) >= 11 is 7.60. The first-order valence-corrected chi connectivity index (χ1v) is 10.6. The van der Waals surface area contributed by atoms with Gasteiger partial charge in [-0.3, -0.25) is 9.59 Å². The Bertz CT molecular complexity index is 801. The Kier molecular flexibility index (Phi) is 8.80. The van der Waals surface area contributed by atoms with E-state index in [9.17, 15) is 14.0 Å². The van der Waals surface area contributed by atoms with Crippen molar-refractivity contribution in [2.45, 2.75) is 32.2 Å². The van der Waals surface area contributed by atoms with Crippen LogP contribution >= 0.6 is 23.4 Å². The summed E-state index contributed by atoms with van der Waals surface area (Å²) in [5.41, 5.74) is 1.73. The molecular weight excluding hydrogens is 399 g/mol. The number of rotatable bonds is 9. The number of carbonyl (C=O) groups excluding carboxylic acids is 2. The van der Waals surface area contributed by atoms with E-state index < -0.39 is 6.04 Å². The molecule has 0 radical (unpaired) electrons. The fourth-order valence-corrected chi connectivity index (χ4v) is 3.83. The molecule has 0 aromatic heterocycles. The Morgan fingerprint density at radius 2 is 1.86 bits per heavy atom. The van der Waals surface area contributed by atoms with Crippen LogP contribution in [0.3, 0.4) is 0 Å². The van der Waals surface area contributed by atoms with E-state index >= 15 is 0 Å². The van der Waals surface area contributed by atoms with Gasteiger partial charge in [-0.05, 0) is 43.2 Å². The lowest BCUT2D eigenvalue weighted by atomic mass is 10.1. The first-order chi connectivity index (χ1) is 13.4. The monoisotopic (exact) mass is 422 g/mol. The molecule has 1 N–H and O–H groups in total. The second-order valence-corrected chi connectivity index (χ2v) is 7.70. The number of likely N-dealkylation sites (N-methyl/N-ethyl adjacent to an activating group) is 1. The van der Waals surface area contributed by atoms with E-state index in [0.717, 1.165) is 11.1 Å². The number of halogens is 2. The van der Waals surface area contributed by atoms with Gasteiger partial charge in [0.1, 0.15) is 11.9 Å². The van der Waals surface area contributed by atoms with Crippen molar-refractivity contribution in [2.24, 2.45) is 0 Å². The molecular formula is C21H24ClFN2O2S. The van der Waals surface area contributed by atoms with E-state index in [2.05, 4.69) is 5.32 Å². The van der Waals surface area contributed by atoms with E-state index in [-0.39, 0.29) is 29.9 Å². The predicted octanol–water partition coefficient (Wildman–Crippen LogP) is 4.27. The Hall–Kier alpha value is -2.05. The first kappa shape index (κ1) is 22.2. The summed E-state index contributed by atoms with van der Waals surface area (Å²) in [5.74, 6) is 0.115. The summed E-state index contributed by atoms with van der Waals surface area (Å²) in [4.78, 5) is 26.7. The zero-order valence-electron chi connectivity index (χ0n) is 16.0. The van der Waals surface area contributed by atoms with Crippen molar-refractivity contribution in [3.8, 4) is 0 Å². The van der Waals surface area contributed by atoms with Crippen LogP contribution < -0.4 is 5.32 Å². The third kappa shape index (κ3) is 6.53. The molecule has 4 nitrogen and oxygen atoms in total. The minimum absolute atomic E-state index is 0.153. The molecule has 2 rings (SSSR count). The molecule has 0 fully saturated rings. The zero-order chi connectivity index (χ0) is 20.5. The summed E-state index contributed by atoms with van der Waals surface area (Å²) < 4.78 is 13.2. The van der Waals surface area contributed by atoms with Gasteiger partial charge in [-0.2, -0.15) is 0 Å². The number of amides is 2. The normalized spacial score (nSPS) is 11.7. The van der Waals surface area contributed by atoms with Gasteiger partial charge in [0, 0.05) is 23.9 Å². The maximum absolute atomic E-state index is 13.2. The second kappa shape index (κ2) is 11.1. The molecule has 28 heavy (non-hydrogen) atoms. The Labute approximate surface area is 174 Å². The van der Waals surface area contributed by atoms with Gasteiger partial charge >= 0.3 is 0 Å². The number of carbonyl (C=O) groups is 2. The number of benzene rings is 2. The van der Waals surface area contributed by atoms with Crippen molar-refractivity contribution in [3.05, 3.63) is 70.5 Å².